The van der Waals surface area contributed by atoms with Crippen molar-refractivity contribution < 1.29 is 14.3 Å². The third-order valence-corrected chi connectivity index (χ3v) is 4.38. The molecule has 3 rings (SSSR count). The van der Waals surface area contributed by atoms with Gasteiger partial charge in [0.1, 0.15) is 6.33 Å². The largest absolute Gasteiger partial charge is 0.493 e. The minimum Gasteiger partial charge on any atom is -0.493 e. The van der Waals surface area contributed by atoms with E-state index in [2.05, 4.69) is 23.8 Å². The van der Waals surface area contributed by atoms with Gasteiger partial charge in [0, 0.05) is 23.4 Å². The third-order valence-electron chi connectivity index (χ3n) is 4.38. The predicted molar refractivity (Wildman–Crippen MR) is 109 cm³/mol. The van der Waals surface area contributed by atoms with Crippen LogP contribution in [0.3, 0.4) is 0 Å². The van der Waals surface area contributed by atoms with Crippen LogP contribution in [0.2, 0.25) is 0 Å². The van der Waals surface area contributed by atoms with Crippen LogP contribution in [0.4, 0.5) is 0 Å². The van der Waals surface area contributed by atoms with Gasteiger partial charge in [-0.1, -0.05) is 38.1 Å². The normalized spacial score (nSPS) is 11.0. The van der Waals surface area contributed by atoms with E-state index in [-0.39, 0.29) is 5.91 Å². The quantitative estimate of drug-likeness (QED) is 0.644. The number of aromatic nitrogens is 2. The van der Waals surface area contributed by atoms with Crippen LogP contribution in [0, 0.1) is 5.92 Å². The first-order chi connectivity index (χ1) is 13.5. The van der Waals surface area contributed by atoms with E-state index in [1.807, 2.05) is 36.4 Å². The summed E-state index contributed by atoms with van der Waals surface area (Å²) in [5.41, 5.74) is 8.86. The molecule has 0 unspecified atom stereocenters. The Kier molecular flexibility index (Phi) is 6.09. The molecule has 0 aliphatic rings. The van der Waals surface area contributed by atoms with E-state index in [0.717, 1.165) is 27.7 Å². The number of nitrogens with two attached hydrogens (primary N) is 1. The van der Waals surface area contributed by atoms with Crippen LogP contribution in [0.15, 0.2) is 42.7 Å². The Morgan fingerprint density at radius 2 is 1.86 bits per heavy atom. The van der Waals surface area contributed by atoms with Gasteiger partial charge in [-0.15, -0.1) is 0 Å². The lowest BCUT2D eigenvalue weighted by atomic mass is 10.0. The molecular formula is C22H25N3O3. The van der Waals surface area contributed by atoms with Crippen molar-refractivity contribution in [1.29, 1.82) is 0 Å². The number of rotatable bonds is 8. The van der Waals surface area contributed by atoms with E-state index in [1.165, 1.54) is 0 Å². The van der Waals surface area contributed by atoms with Gasteiger partial charge in [0.05, 0.1) is 24.9 Å². The number of methoxy groups -OCH3 is 1. The smallest absolute Gasteiger partial charge is 0.217 e. The van der Waals surface area contributed by atoms with E-state index >= 15 is 0 Å². The number of primary amides is 1. The minimum atomic E-state index is -0.298. The van der Waals surface area contributed by atoms with Gasteiger partial charge in [-0.05, 0) is 24.0 Å². The van der Waals surface area contributed by atoms with E-state index in [4.69, 9.17) is 15.2 Å². The minimum absolute atomic E-state index is 0.298. The highest BCUT2D eigenvalue weighted by atomic mass is 16.5. The average molecular weight is 379 g/mol. The zero-order valence-electron chi connectivity index (χ0n) is 16.4. The fourth-order valence-electron chi connectivity index (χ4n) is 2.92. The van der Waals surface area contributed by atoms with Crippen LogP contribution in [0.25, 0.3) is 22.2 Å². The second-order valence-corrected chi connectivity index (χ2v) is 7.11. The number of hydrogen-bond donors (Lipinski definition) is 1. The summed E-state index contributed by atoms with van der Waals surface area (Å²) in [7, 11) is 1.63. The first-order valence-corrected chi connectivity index (χ1v) is 9.31. The monoisotopic (exact) mass is 379 g/mol. The molecule has 0 saturated carbocycles. The molecule has 1 aromatic heterocycles. The molecule has 2 aromatic carbocycles. The highest BCUT2D eigenvalue weighted by Gasteiger charge is 2.13. The molecule has 0 saturated heterocycles. The first kappa shape index (κ1) is 19.6. The highest BCUT2D eigenvalue weighted by molar-refractivity contribution is 5.94. The fourth-order valence-corrected chi connectivity index (χ4v) is 2.92. The van der Waals surface area contributed by atoms with Crippen molar-refractivity contribution in [3.05, 3.63) is 48.3 Å². The first-order valence-electron chi connectivity index (χ1n) is 9.31. The Morgan fingerprint density at radius 1 is 1.11 bits per heavy atom. The molecule has 6 nitrogen and oxygen atoms in total. The van der Waals surface area contributed by atoms with E-state index in [0.29, 0.717) is 36.9 Å². The van der Waals surface area contributed by atoms with Gasteiger partial charge in [0.2, 0.25) is 5.91 Å². The van der Waals surface area contributed by atoms with Crippen LogP contribution in [0.1, 0.15) is 25.8 Å². The molecule has 6 heteroatoms. The summed E-state index contributed by atoms with van der Waals surface area (Å²) in [6, 6.07) is 11.8. The maximum Gasteiger partial charge on any atom is 0.217 e. The van der Waals surface area contributed by atoms with Crippen LogP contribution in [-0.4, -0.2) is 29.6 Å². The summed E-state index contributed by atoms with van der Waals surface area (Å²) in [6.45, 7) is 4.80. The van der Waals surface area contributed by atoms with Crippen LogP contribution in [0.5, 0.6) is 11.5 Å². The molecule has 1 heterocycles. The van der Waals surface area contributed by atoms with Crippen molar-refractivity contribution in [2.24, 2.45) is 11.7 Å². The van der Waals surface area contributed by atoms with Gasteiger partial charge in [-0.3, -0.25) is 4.79 Å². The van der Waals surface area contributed by atoms with Gasteiger partial charge < -0.3 is 15.2 Å². The number of nitrogens with zero attached hydrogens (tertiary/aromatic N) is 2. The topological polar surface area (TPSA) is 87.3 Å². The number of hydrogen-bond acceptors (Lipinski definition) is 5. The SMILES string of the molecule is COc1cc2c(-c3ccc(CCC(N)=O)cc3)ncnc2cc1OCC(C)C. The van der Waals surface area contributed by atoms with Gasteiger partial charge in [0.15, 0.2) is 11.5 Å². The second kappa shape index (κ2) is 8.69. The van der Waals surface area contributed by atoms with E-state index < -0.39 is 0 Å². The molecule has 0 atom stereocenters. The Hall–Kier alpha value is -3.15. The van der Waals surface area contributed by atoms with Crippen LogP contribution < -0.4 is 15.2 Å². The molecule has 146 valence electrons. The predicted octanol–water partition coefficient (Wildman–Crippen LogP) is 3.76. The Morgan fingerprint density at radius 3 is 2.50 bits per heavy atom. The van der Waals surface area contributed by atoms with Crippen LogP contribution >= 0.6 is 0 Å². The second-order valence-electron chi connectivity index (χ2n) is 7.11. The van der Waals surface area contributed by atoms with Crippen molar-refractivity contribution >= 4 is 16.8 Å². The number of ether oxygens (including phenoxy) is 2. The molecular weight excluding hydrogens is 354 g/mol. The Bertz CT molecular complexity index is 969. The average Bonchev–Trinajstić information content (AvgIpc) is 2.69. The lowest BCUT2D eigenvalue weighted by Gasteiger charge is -2.14. The molecule has 0 aliphatic carbocycles. The van der Waals surface area contributed by atoms with Crippen molar-refractivity contribution in [3.8, 4) is 22.8 Å². The summed E-state index contributed by atoms with van der Waals surface area (Å²) < 4.78 is 11.4. The third kappa shape index (κ3) is 4.57. The summed E-state index contributed by atoms with van der Waals surface area (Å²) in [4.78, 5) is 19.8. The number of carbonyl (C=O) groups is 1. The Balaban J connectivity index is 1.96. The summed E-state index contributed by atoms with van der Waals surface area (Å²) in [5.74, 6) is 1.44. The summed E-state index contributed by atoms with van der Waals surface area (Å²) in [5, 5.41) is 0.890. The number of aryl methyl sites for hydroxylation is 1. The molecule has 0 bridgehead atoms. The highest BCUT2D eigenvalue weighted by Crippen LogP contribution is 2.35. The van der Waals surface area contributed by atoms with Gasteiger partial charge >= 0.3 is 0 Å². The number of fused-ring (bicyclic) bond motifs is 1. The Labute approximate surface area is 164 Å². The lowest BCUT2D eigenvalue weighted by Crippen LogP contribution is -2.11. The maximum absolute atomic E-state index is 11.0. The lowest BCUT2D eigenvalue weighted by molar-refractivity contribution is -0.117. The standard InChI is InChI=1S/C22H25N3O3/c1-14(2)12-28-20-11-18-17(10-19(20)27-3)22(25-13-24-18)16-7-4-15(5-8-16)6-9-21(23)26/h4-5,7-8,10-11,13-14H,6,9,12H2,1-3H3,(H2,23,26). The van der Waals surface area contributed by atoms with E-state index in [9.17, 15) is 4.79 Å². The molecule has 0 aliphatic heterocycles. The maximum atomic E-state index is 11.0. The van der Waals surface area contributed by atoms with E-state index in [1.54, 1.807) is 13.4 Å². The van der Waals surface area contributed by atoms with Gasteiger partial charge in [-0.25, -0.2) is 9.97 Å². The molecule has 0 fully saturated rings. The fraction of sp³-hybridized carbons (Fsp3) is 0.318. The van der Waals surface area contributed by atoms with Crippen molar-refractivity contribution in [2.45, 2.75) is 26.7 Å². The zero-order valence-corrected chi connectivity index (χ0v) is 16.4. The molecule has 28 heavy (non-hydrogen) atoms. The molecule has 3 aromatic rings. The summed E-state index contributed by atoms with van der Waals surface area (Å²) >= 11 is 0. The summed E-state index contributed by atoms with van der Waals surface area (Å²) in [6.07, 6.45) is 2.52. The number of amides is 1. The van der Waals surface area contributed by atoms with Crippen molar-refractivity contribution in [3.63, 3.8) is 0 Å². The molecule has 2 N–H and O–H groups in total. The molecule has 1 amide bonds. The van der Waals surface area contributed by atoms with Crippen molar-refractivity contribution in [2.75, 3.05) is 13.7 Å². The van der Waals surface area contributed by atoms with Crippen molar-refractivity contribution in [1.82, 2.24) is 9.97 Å². The molecule has 0 spiro atoms. The zero-order chi connectivity index (χ0) is 20.1. The molecule has 0 radical (unpaired) electrons. The van der Waals surface area contributed by atoms with Crippen LogP contribution in [-0.2, 0) is 11.2 Å². The number of benzene rings is 2. The number of carbonyl (C=O) groups excluding carboxylic acids is 1. The van der Waals surface area contributed by atoms with Gasteiger partial charge in [-0.2, -0.15) is 0 Å². The van der Waals surface area contributed by atoms with Gasteiger partial charge in [0.25, 0.3) is 0 Å².